The number of likely N-dealkylation sites (tertiary alicyclic amines) is 1. The monoisotopic (exact) mass is 342 g/mol. The minimum absolute atomic E-state index is 0.107. The Morgan fingerprint density at radius 1 is 1.25 bits per heavy atom. The van der Waals surface area contributed by atoms with E-state index in [1.165, 1.54) is 0 Å². The van der Waals surface area contributed by atoms with Crippen molar-refractivity contribution in [2.75, 3.05) is 20.6 Å². The zero-order chi connectivity index (χ0) is 16.8. The van der Waals surface area contributed by atoms with Crippen LogP contribution in [0.15, 0.2) is 29.6 Å². The van der Waals surface area contributed by atoms with Crippen molar-refractivity contribution in [2.45, 2.75) is 25.3 Å². The number of thiophene rings is 1. The van der Waals surface area contributed by atoms with E-state index in [2.05, 4.69) is 6.07 Å². The summed E-state index contributed by atoms with van der Waals surface area (Å²) in [6.07, 6.45) is 2.60. The molecule has 1 saturated carbocycles. The number of hydrogen-bond acceptors (Lipinski definition) is 3. The first kappa shape index (κ1) is 15.6. The van der Waals surface area contributed by atoms with Gasteiger partial charge >= 0.3 is 0 Å². The van der Waals surface area contributed by atoms with Gasteiger partial charge in [-0.15, -0.1) is 11.3 Å². The number of carbonyl (C=O) groups is 2. The molecule has 4 rings (SSSR count). The predicted molar refractivity (Wildman–Crippen MR) is 96.2 cm³/mol. The summed E-state index contributed by atoms with van der Waals surface area (Å²) in [6, 6.07) is 8.31. The van der Waals surface area contributed by atoms with Gasteiger partial charge in [0.25, 0.3) is 5.91 Å². The number of amides is 2. The Balaban J connectivity index is 1.53. The number of benzene rings is 1. The maximum absolute atomic E-state index is 13.0. The van der Waals surface area contributed by atoms with Gasteiger partial charge in [-0.05, 0) is 30.7 Å². The summed E-state index contributed by atoms with van der Waals surface area (Å²) in [7, 11) is 3.81. The molecule has 5 heteroatoms. The van der Waals surface area contributed by atoms with Gasteiger partial charge in [0.1, 0.15) is 0 Å². The predicted octanol–water partition coefficient (Wildman–Crippen LogP) is 3.23. The van der Waals surface area contributed by atoms with Gasteiger partial charge in [0.15, 0.2) is 0 Å². The molecule has 1 saturated heterocycles. The fourth-order valence-corrected chi connectivity index (χ4v) is 5.24. The lowest BCUT2D eigenvalue weighted by Crippen LogP contribution is -2.39. The fourth-order valence-electron chi connectivity index (χ4n) is 4.30. The second-order valence-corrected chi connectivity index (χ2v) is 8.10. The molecule has 0 spiro atoms. The molecule has 0 bridgehead atoms. The van der Waals surface area contributed by atoms with Crippen LogP contribution in [0.4, 0.5) is 0 Å². The van der Waals surface area contributed by atoms with E-state index in [1.54, 1.807) is 11.3 Å². The molecule has 0 unspecified atom stereocenters. The minimum atomic E-state index is 0.107. The van der Waals surface area contributed by atoms with Crippen molar-refractivity contribution >= 4 is 33.2 Å². The quantitative estimate of drug-likeness (QED) is 0.841. The molecule has 2 amide bonds. The molecule has 1 aromatic heterocycles. The van der Waals surface area contributed by atoms with E-state index in [0.717, 1.165) is 35.0 Å². The second-order valence-electron chi connectivity index (χ2n) is 7.19. The molecular formula is C19H22N2O2S. The molecule has 1 aromatic carbocycles. The van der Waals surface area contributed by atoms with Crippen LogP contribution in [-0.2, 0) is 4.79 Å². The first-order valence-corrected chi connectivity index (χ1v) is 9.40. The highest BCUT2D eigenvalue weighted by Gasteiger charge is 2.42. The normalized spacial score (nSPS) is 26.7. The van der Waals surface area contributed by atoms with Gasteiger partial charge in [0.05, 0.1) is 5.56 Å². The molecule has 2 aromatic rings. The molecule has 1 aliphatic carbocycles. The van der Waals surface area contributed by atoms with Gasteiger partial charge in [-0.25, -0.2) is 0 Å². The van der Waals surface area contributed by atoms with Crippen LogP contribution < -0.4 is 0 Å². The molecule has 2 aliphatic rings. The summed E-state index contributed by atoms with van der Waals surface area (Å²) in [6.45, 7) is 0.837. The summed E-state index contributed by atoms with van der Waals surface area (Å²) in [5.74, 6) is 1.32. The molecule has 126 valence electrons. The van der Waals surface area contributed by atoms with Crippen LogP contribution in [0.3, 0.4) is 0 Å². The van der Waals surface area contributed by atoms with Crippen molar-refractivity contribution in [3.05, 3.63) is 35.2 Å². The summed E-state index contributed by atoms with van der Waals surface area (Å²) in [5.41, 5.74) is 0.807. The lowest BCUT2D eigenvalue weighted by molar-refractivity contribution is -0.134. The molecule has 24 heavy (non-hydrogen) atoms. The van der Waals surface area contributed by atoms with E-state index in [4.69, 9.17) is 0 Å². The molecule has 2 fully saturated rings. The molecule has 0 N–H and O–H groups in total. The molecule has 3 atom stereocenters. The number of nitrogens with zero attached hydrogens (tertiary/aromatic N) is 2. The second kappa shape index (κ2) is 5.88. The molecule has 4 nitrogen and oxygen atoms in total. The summed E-state index contributed by atoms with van der Waals surface area (Å²) < 4.78 is 1.15. The van der Waals surface area contributed by atoms with Gasteiger partial charge in [0.2, 0.25) is 5.91 Å². The van der Waals surface area contributed by atoms with E-state index in [9.17, 15) is 9.59 Å². The maximum atomic E-state index is 13.0. The van der Waals surface area contributed by atoms with Crippen LogP contribution in [0, 0.1) is 11.8 Å². The Morgan fingerprint density at radius 2 is 2.00 bits per heavy atom. The van der Waals surface area contributed by atoms with Gasteiger partial charge in [-0.3, -0.25) is 9.59 Å². The smallest absolute Gasteiger partial charge is 0.255 e. The summed E-state index contributed by atoms with van der Waals surface area (Å²) >= 11 is 1.62. The average molecular weight is 342 g/mol. The number of fused-ring (bicyclic) bond motifs is 2. The van der Waals surface area contributed by atoms with Crippen molar-refractivity contribution in [2.24, 2.45) is 11.8 Å². The van der Waals surface area contributed by atoms with Crippen molar-refractivity contribution in [3.63, 3.8) is 0 Å². The van der Waals surface area contributed by atoms with Crippen molar-refractivity contribution in [1.82, 2.24) is 9.80 Å². The first-order chi connectivity index (χ1) is 11.5. The molecule has 0 radical (unpaired) electrons. The maximum Gasteiger partial charge on any atom is 0.255 e. The number of rotatable bonds is 2. The third-order valence-corrected chi connectivity index (χ3v) is 6.73. The van der Waals surface area contributed by atoms with Crippen molar-refractivity contribution in [3.8, 4) is 0 Å². The SMILES string of the molecule is CN1C[C@@H]2C[C@H](N(C)C(=O)c3csc4ccccc34)C[C@@H]2CC1=O. The van der Waals surface area contributed by atoms with Crippen LogP contribution in [0.25, 0.3) is 10.1 Å². The highest BCUT2D eigenvalue weighted by atomic mass is 32.1. The van der Waals surface area contributed by atoms with E-state index in [0.29, 0.717) is 18.3 Å². The Labute approximate surface area is 146 Å². The standard InChI is InChI=1S/C19H22N2O2S/c1-20-10-13-8-14(7-12(13)9-18(20)22)21(2)19(23)16-11-24-17-6-4-3-5-15(16)17/h3-6,11-14H,7-10H2,1-2H3/t12-,13+,14-/m1/s1. The van der Waals surface area contributed by atoms with Gasteiger partial charge < -0.3 is 9.80 Å². The molecule has 1 aliphatic heterocycles. The van der Waals surface area contributed by atoms with Gasteiger partial charge in [-0.1, -0.05) is 18.2 Å². The summed E-state index contributed by atoms with van der Waals surface area (Å²) in [4.78, 5) is 28.7. The molecule has 2 heterocycles. The summed E-state index contributed by atoms with van der Waals surface area (Å²) in [5, 5.41) is 3.02. The fraction of sp³-hybridized carbons (Fsp3) is 0.474. The van der Waals surface area contributed by atoms with E-state index in [-0.39, 0.29) is 17.9 Å². The Bertz CT molecular complexity index is 800. The third-order valence-electron chi connectivity index (χ3n) is 5.77. The zero-order valence-corrected chi connectivity index (χ0v) is 14.9. The third kappa shape index (κ3) is 2.51. The Morgan fingerprint density at radius 3 is 2.83 bits per heavy atom. The van der Waals surface area contributed by atoms with Crippen LogP contribution in [0.5, 0.6) is 0 Å². The zero-order valence-electron chi connectivity index (χ0n) is 14.1. The average Bonchev–Trinajstić information content (AvgIpc) is 3.18. The number of hydrogen-bond donors (Lipinski definition) is 0. The largest absolute Gasteiger partial charge is 0.345 e. The first-order valence-electron chi connectivity index (χ1n) is 8.52. The van der Waals surface area contributed by atoms with E-state index < -0.39 is 0 Å². The van der Waals surface area contributed by atoms with Crippen molar-refractivity contribution < 1.29 is 9.59 Å². The number of carbonyl (C=O) groups excluding carboxylic acids is 2. The lowest BCUT2D eigenvalue weighted by Gasteiger charge is -2.31. The van der Waals surface area contributed by atoms with E-state index in [1.807, 2.05) is 47.5 Å². The number of piperidine rings is 1. The van der Waals surface area contributed by atoms with E-state index >= 15 is 0 Å². The highest BCUT2D eigenvalue weighted by molar-refractivity contribution is 7.17. The van der Waals surface area contributed by atoms with Crippen LogP contribution in [0.1, 0.15) is 29.6 Å². The lowest BCUT2D eigenvalue weighted by atomic mass is 9.88. The van der Waals surface area contributed by atoms with Gasteiger partial charge in [0, 0.05) is 48.6 Å². The Hall–Kier alpha value is -1.88. The van der Waals surface area contributed by atoms with Crippen LogP contribution in [0.2, 0.25) is 0 Å². The minimum Gasteiger partial charge on any atom is -0.345 e. The van der Waals surface area contributed by atoms with Crippen LogP contribution >= 0.6 is 11.3 Å². The van der Waals surface area contributed by atoms with Gasteiger partial charge in [-0.2, -0.15) is 0 Å². The van der Waals surface area contributed by atoms with Crippen molar-refractivity contribution in [1.29, 1.82) is 0 Å². The molecular weight excluding hydrogens is 320 g/mol. The highest BCUT2D eigenvalue weighted by Crippen LogP contribution is 2.40. The Kier molecular flexibility index (Phi) is 3.83. The van der Waals surface area contributed by atoms with Crippen LogP contribution in [-0.4, -0.2) is 48.3 Å². The topological polar surface area (TPSA) is 40.6 Å².